The molecule has 1 aromatic rings. The molecule has 1 saturated heterocycles. The van der Waals surface area contributed by atoms with Gasteiger partial charge in [0.1, 0.15) is 5.82 Å². The molecule has 0 bridgehead atoms. The summed E-state index contributed by atoms with van der Waals surface area (Å²) in [5, 5.41) is -0.321. The summed E-state index contributed by atoms with van der Waals surface area (Å²) in [6.45, 7) is 6.54. The largest absolute Gasteiger partial charge is 0.343 e. The molecule has 0 saturated carbocycles. The Morgan fingerprint density at radius 1 is 1.28 bits per heavy atom. The van der Waals surface area contributed by atoms with Gasteiger partial charge < -0.3 is 4.90 Å². The van der Waals surface area contributed by atoms with Crippen molar-refractivity contribution in [1.29, 1.82) is 0 Å². The smallest absolute Gasteiger partial charge is 0.222 e. The van der Waals surface area contributed by atoms with E-state index in [9.17, 15) is 17.6 Å². The number of carbonyl (C=O) groups is 1. The summed E-state index contributed by atoms with van der Waals surface area (Å²) < 4.78 is 37.9. The summed E-state index contributed by atoms with van der Waals surface area (Å²) >= 11 is 0. The van der Waals surface area contributed by atoms with Crippen LogP contribution in [0.5, 0.6) is 0 Å². The number of piperidine rings is 1. The van der Waals surface area contributed by atoms with Gasteiger partial charge in [0.25, 0.3) is 0 Å². The molecule has 1 heterocycles. The quantitative estimate of drug-likeness (QED) is 0.774. The number of benzene rings is 1. The van der Waals surface area contributed by atoms with Gasteiger partial charge in [-0.25, -0.2) is 12.8 Å². The maximum atomic E-state index is 13.3. The molecular weight excluding hydrogens is 341 g/mol. The number of halogens is 1. The first-order chi connectivity index (χ1) is 11.7. The maximum absolute atomic E-state index is 13.3. The monoisotopic (exact) mass is 369 g/mol. The van der Waals surface area contributed by atoms with E-state index in [-0.39, 0.29) is 28.6 Å². The van der Waals surface area contributed by atoms with E-state index < -0.39 is 9.84 Å². The lowest BCUT2D eigenvalue weighted by molar-refractivity contribution is -0.132. The van der Waals surface area contributed by atoms with E-state index in [1.807, 2.05) is 13.8 Å². The number of likely N-dealkylation sites (tertiary alicyclic amines) is 1. The fourth-order valence-electron chi connectivity index (χ4n) is 3.34. The number of rotatable bonds is 6. The van der Waals surface area contributed by atoms with Gasteiger partial charge >= 0.3 is 0 Å². The van der Waals surface area contributed by atoms with Crippen molar-refractivity contribution < 1.29 is 17.6 Å². The van der Waals surface area contributed by atoms with Crippen LogP contribution in [0.1, 0.15) is 44.2 Å². The standard InChI is InChI=1S/C19H28FNO3S/c1-14(2)13-25(23,24)17-8-10-21(11-9-17)19(22)7-5-16-4-6-18(20)15(3)12-16/h4,6,12,14,17H,5,7-11,13H2,1-3H3. The average molecular weight is 370 g/mol. The molecule has 0 N–H and O–H groups in total. The van der Waals surface area contributed by atoms with Crippen LogP contribution in [-0.4, -0.2) is 43.3 Å². The Morgan fingerprint density at radius 2 is 1.92 bits per heavy atom. The van der Waals surface area contributed by atoms with Crippen LogP contribution < -0.4 is 0 Å². The molecule has 0 spiro atoms. The van der Waals surface area contributed by atoms with Crippen molar-refractivity contribution in [1.82, 2.24) is 4.90 Å². The zero-order valence-electron chi connectivity index (χ0n) is 15.3. The van der Waals surface area contributed by atoms with E-state index in [1.54, 1.807) is 24.0 Å². The van der Waals surface area contributed by atoms with Crippen molar-refractivity contribution in [2.45, 2.75) is 51.7 Å². The molecule has 0 unspecified atom stereocenters. The van der Waals surface area contributed by atoms with Gasteiger partial charge in [0.15, 0.2) is 9.84 Å². The van der Waals surface area contributed by atoms with Crippen molar-refractivity contribution in [3.05, 3.63) is 35.1 Å². The molecule has 0 radical (unpaired) electrons. The van der Waals surface area contributed by atoms with Gasteiger partial charge in [-0.15, -0.1) is 0 Å². The minimum absolute atomic E-state index is 0.0432. The molecule has 0 aromatic heterocycles. The molecule has 1 fully saturated rings. The number of carbonyl (C=O) groups excluding carboxylic acids is 1. The second-order valence-corrected chi connectivity index (χ2v) is 9.71. The van der Waals surface area contributed by atoms with Crippen LogP contribution in [0.25, 0.3) is 0 Å². The summed E-state index contributed by atoms with van der Waals surface area (Å²) in [6.07, 6.45) is 1.99. The van der Waals surface area contributed by atoms with Crippen molar-refractivity contribution >= 4 is 15.7 Å². The molecule has 1 aliphatic rings. The highest BCUT2D eigenvalue weighted by atomic mass is 32.2. The van der Waals surface area contributed by atoms with Crippen LogP contribution in [0.4, 0.5) is 4.39 Å². The van der Waals surface area contributed by atoms with Crippen molar-refractivity contribution in [2.24, 2.45) is 5.92 Å². The Kier molecular flexibility index (Phi) is 6.60. The number of hydrogen-bond acceptors (Lipinski definition) is 3. The molecule has 4 nitrogen and oxygen atoms in total. The third-order valence-corrected chi connectivity index (χ3v) is 7.34. The van der Waals surface area contributed by atoms with Crippen molar-refractivity contribution in [2.75, 3.05) is 18.8 Å². The maximum Gasteiger partial charge on any atom is 0.222 e. The van der Waals surface area contributed by atoms with Gasteiger partial charge in [0.2, 0.25) is 5.91 Å². The molecule has 1 aliphatic heterocycles. The fourth-order valence-corrected chi connectivity index (χ4v) is 5.47. The van der Waals surface area contributed by atoms with Crippen LogP contribution in [-0.2, 0) is 21.1 Å². The van der Waals surface area contributed by atoms with E-state index >= 15 is 0 Å². The van der Waals surface area contributed by atoms with Crippen LogP contribution in [0.3, 0.4) is 0 Å². The predicted octanol–water partition coefficient (Wildman–Crippen LogP) is 3.13. The zero-order valence-corrected chi connectivity index (χ0v) is 16.1. The average Bonchev–Trinajstić information content (AvgIpc) is 2.54. The Labute approximate surface area is 150 Å². The molecule has 1 aromatic carbocycles. The van der Waals surface area contributed by atoms with Crippen molar-refractivity contribution in [3.8, 4) is 0 Å². The summed E-state index contributed by atoms with van der Waals surface area (Å²) in [6, 6.07) is 4.91. The second kappa shape index (κ2) is 8.30. The van der Waals surface area contributed by atoms with Gasteiger partial charge in [0, 0.05) is 19.5 Å². The highest BCUT2D eigenvalue weighted by Gasteiger charge is 2.31. The molecule has 0 atom stereocenters. The number of aryl methyl sites for hydroxylation is 2. The first kappa shape index (κ1) is 19.9. The molecule has 2 rings (SSSR count). The van der Waals surface area contributed by atoms with Gasteiger partial charge in [0.05, 0.1) is 11.0 Å². The van der Waals surface area contributed by atoms with Gasteiger partial charge in [-0.1, -0.05) is 26.0 Å². The van der Waals surface area contributed by atoms with Crippen LogP contribution >= 0.6 is 0 Å². The Bertz CT molecular complexity index is 707. The number of nitrogens with zero attached hydrogens (tertiary/aromatic N) is 1. The normalized spacial score (nSPS) is 16.4. The first-order valence-electron chi connectivity index (χ1n) is 8.93. The van der Waals surface area contributed by atoms with E-state index in [2.05, 4.69) is 0 Å². The lowest BCUT2D eigenvalue weighted by atomic mass is 10.1. The number of sulfone groups is 1. The third kappa shape index (κ3) is 5.53. The van der Waals surface area contributed by atoms with Crippen LogP contribution in [0.2, 0.25) is 0 Å². The molecular formula is C19H28FNO3S. The Hall–Kier alpha value is -1.43. The number of hydrogen-bond donors (Lipinski definition) is 0. The highest BCUT2D eigenvalue weighted by molar-refractivity contribution is 7.92. The summed E-state index contributed by atoms with van der Waals surface area (Å²) in [4.78, 5) is 14.1. The first-order valence-corrected chi connectivity index (χ1v) is 10.6. The van der Waals surface area contributed by atoms with E-state index in [0.717, 1.165) is 5.56 Å². The molecule has 140 valence electrons. The lowest BCUT2D eigenvalue weighted by Gasteiger charge is -2.32. The SMILES string of the molecule is Cc1cc(CCC(=O)N2CCC(S(=O)(=O)CC(C)C)CC2)ccc1F. The van der Waals surface area contributed by atoms with Gasteiger partial charge in [-0.2, -0.15) is 0 Å². The molecule has 1 amide bonds. The van der Waals surface area contributed by atoms with E-state index in [0.29, 0.717) is 44.3 Å². The third-order valence-electron chi connectivity index (χ3n) is 4.72. The zero-order chi connectivity index (χ0) is 18.6. The van der Waals surface area contributed by atoms with Crippen LogP contribution in [0.15, 0.2) is 18.2 Å². The van der Waals surface area contributed by atoms with E-state index in [1.165, 1.54) is 6.07 Å². The molecule has 25 heavy (non-hydrogen) atoms. The summed E-state index contributed by atoms with van der Waals surface area (Å²) in [5.41, 5.74) is 1.53. The molecule has 0 aliphatic carbocycles. The topological polar surface area (TPSA) is 54.5 Å². The summed E-state index contributed by atoms with van der Waals surface area (Å²) in [5.74, 6) is 0.153. The van der Waals surface area contributed by atoms with E-state index in [4.69, 9.17) is 0 Å². The van der Waals surface area contributed by atoms with Crippen molar-refractivity contribution in [3.63, 3.8) is 0 Å². The number of amides is 1. The Morgan fingerprint density at radius 3 is 2.48 bits per heavy atom. The minimum atomic E-state index is -3.07. The second-order valence-electron chi connectivity index (χ2n) is 7.39. The fraction of sp³-hybridized carbons (Fsp3) is 0.632. The lowest BCUT2D eigenvalue weighted by Crippen LogP contribution is -2.43. The highest BCUT2D eigenvalue weighted by Crippen LogP contribution is 2.21. The Balaban J connectivity index is 1.84. The predicted molar refractivity (Wildman–Crippen MR) is 97.7 cm³/mol. The summed E-state index contributed by atoms with van der Waals surface area (Å²) in [7, 11) is -3.07. The molecule has 6 heteroatoms. The van der Waals surface area contributed by atoms with Crippen LogP contribution in [0, 0.1) is 18.7 Å². The minimum Gasteiger partial charge on any atom is -0.343 e. The van der Waals surface area contributed by atoms with Gasteiger partial charge in [-0.05, 0) is 49.3 Å². The van der Waals surface area contributed by atoms with Gasteiger partial charge in [-0.3, -0.25) is 4.79 Å².